The number of ether oxygens (including phenoxy) is 1. The zero-order valence-electron chi connectivity index (χ0n) is 14.0. The molecular formula is C18H19FN2O4S. The average molecular weight is 378 g/mol. The molecule has 138 valence electrons. The molecule has 0 spiro atoms. The first-order valence-electron chi connectivity index (χ1n) is 8.30. The first-order valence-corrected chi connectivity index (χ1v) is 9.11. The average Bonchev–Trinajstić information content (AvgIpc) is 2.98. The van der Waals surface area contributed by atoms with Crippen LogP contribution in [-0.2, 0) is 4.79 Å². The lowest BCUT2D eigenvalue weighted by Crippen LogP contribution is -2.35. The Labute approximate surface area is 154 Å². The summed E-state index contributed by atoms with van der Waals surface area (Å²) in [6.07, 6.45) is 2.46. The molecule has 0 unspecified atom stereocenters. The smallest absolute Gasteiger partial charge is 0.349 e. The van der Waals surface area contributed by atoms with Crippen molar-refractivity contribution in [3.05, 3.63) is 35.0 Å². The van der Waals surface area contributed by atoms with Gasteiger partial charge in [0.25, 0.3) is 0 Å². The van der Waals surface area contributed by atoms with Crippen molar-refractivity contribution in [2.75, 3.05) is 25.0 Å². The maximum absolute atomic E-state index is 14.7. The minimum absolute atomic E-state index is 0.178. The first-order chi connectivity index (χ1) is 12.6. The third-order valence-electron chi connectivity index (χ3n) is 4.13. The topological polar surface area (TPSA) is 87.7 Å². The standard InChI is InChI=1S/C18H19FN2O4S/c19-14-15(25-9-8-22)17(18(23)24)26-16(14)11-2-1-3-13(10-11)21-12-4-6-20-7-5-12/h1-3,8,10,12,20-21H,4-7,9H2,(H,23,24). The van der Waals surface area contributed by atoms with Crippen molar-refractivity contribution in [3.63, 3.8) is 0 Å². The van der Waals surface area contributed by atoms with Gasteiger partial charge in [-0.05, 0) is 43.6 Å². The van der Waals surface area contributed by atoms with Crippen molar-refractivity contribution < 1.29 is 23.8 Å². The summed E-state index contributed by atoms with van der Waals surface area (Å²) in [4.78, 5) is 21.8. The van der Waals surface area contributed by atoms with Crippen molar-refractivity contribution in [2.24, 2.45) is 0 Å². The molecule has 0 amide bonds. The number of benzene rings is 1. The summed E-state index contributed by atoms with van der Waals surface area (Å²) < 4.78 is 19.7. The van der Waals surface area contributed by atoms with E-state index in [2.05, 4.69) is 10.6 Å². The molecule has 3 rings (SSSR count). The molecule has 1 aliphatic heterocycles. The number of carbonyl (C=O) groups excluding carboxylic acids is 1. The Balaban J connectivity index is 1.89. The summed E-state index contributed by atoms with van der Waals surface area (Å²) in [6.45, 7) is 1.51. The fraction of sp³-hybridized carbons (Fsp3) is 0.333. The van der Waals surface area contributed by atoms with Crippen LogP contribution in [0.2, 0.25) is 0 Å². The summed E-state index contributed by atoms with van der Waals surface area (Å²) >= 11 is 0.799. The van der Waals surface area contributed by atoms with E-state index in [0.29, 0.717) is 17.9 Å². The summed E-state index contributed by atoms with van der Waals surface area (Å²) in [6, 6.07) is 7.56. The highest BCUT2D eigenvalue weighted by Crippen LogP contribution is 2.41. The van der Waals surface area contributed by atoms with E-state index in [1.54, 1.807) is 18.2 Å². The monoisotopic (exact) mass is 378 g/mol. The Morgan fingerprint density at radius 2 is 2.19 bits per heavy atom. The molecule has 0 saturated carbocycles. The Bertz CT molecular complexity index is 802. The van der Waals surface area contributed by atoms with Gasteiger partial charge in [-0.3, -0.25) is 4.79 Å². The van der Waals surface area contributed by atoms with Crippen LogP contribution in [0.3, 0.4) is 0 Å². The number of carboxylic acid groups (broad SMARTS) is 1. The van der Waals surface area contributed by atoms with Gasteiger partial charge in [-0.2, -0.15) is 0 Å². The number of carboxylic acids is 1. The van der Waals surface area contributed by atoms with Gasteiger partial charge >= 0.3 is 5.97 Å². The van der Waals surface area contributed by atoms with Gasteiger partial charge in [-0.1, -0.05) is 12.1 Å². The van der Waals surface area contributed by atoms with Crippen molar-refractivity contribution in [1.82, 2.24) is 5.32 Å². The molecule has 0 radical (unpaired) electrons. The number of hydrogen-bond donors (Lipinski definition) is 3. The van der Waals surface area contributed by atoms with Gasteiger partial charge in [0.05, 0.1) is 4.88 Å². The van der Waals surface area contributed by atoms with Crippen LogP contribution >= 0.6 is 11.3 Å². The number of carbonyl (C=O) groups is 2. The van der Waals surface area contributed by atoms with Crippen LogP contribution in [-0.4, -0.2) is 43.1 Å². The van der Waals surface area contributed by atoms with Crippen molar-refractivity contribution in [2.45, 2.75) is 18.9 Å². The molecule has 1 aromatic heterocycles. The lowest BCUT2D eigenvalue weighted by atomic mass is 10.1. The van der Waals surface area contributed by atoms with Gasteiger partial charge in [0.2, 0.25) is 0 Å². The first kappa shape index (κ1) is 18.3. The third-order valence-corrected chi connectivity index (χ3v) is 5.32. The Hall–Kier alpha value is -2.45. The SMILES string of the molecule is O=CCOc1c(C(=O)O)sc(-c2cccc(NC3CCNCC3)c2)c1F. The number of thiophene rings is 1. The van der Waals surface area contributed by atoms with Gasteiger partial charge in [0, 0.05) is 11.7 Å². The van der Waals surface area contributed by atoms with Crippen LogP contribution in [0, 0.1) is 5.82 Å². The zero-order chi connectivity index (χ0) is 18.5. The Kier molecular flexibility index (Phi) is 5.85. The fourth-order valence-electron chi connectivity index (χ4n) is 2.92. The Morgan fingerprint density at radius 1 is 1.42 bits per heavy atom. The van der Waals surface area contributed by atoms with Gasteiger partial charge in [-0.15, -0.1) is 11.3 Å². The number of hydrogen-bond acceptors (Lipinski definition) is 6. The highest BCUT2D eigenvalue weighted by Gasteiger charge is 2.25. The van der Waals surface area contributed by atoms with Crippen LogP contribution in [0.1, 0.15) is 22.5 Å². The summed E-state index contributed by atoms with van der Waals surface area (Å²) in [7, 11) is 0. The number of aldehydes is 1. The van der Waals surface area contributed by atoms with E-state index >= 15 is 0 Å². The number of piperidine rings is 1. The molecule has 6 nitrogen and oxygen atoms in total. The molecule has 26 heavy (non-hydrogen) atoms. The van der Waals surface area contributed by atoms with Gasteiger partial charge in [0.1, 0.15) is 6.61 Å². The number of anilines is 1. The minimum atomic E-state index is -1.29. The van der Waals surface area contributed by atoms with Crippen LogP contribution < -0.4 is 15.4 Å². The van der Waals surface area contributed by atoms with Crippen LogP contribution in [0.25, 0.3) is 10.4 Å². The molecule has 0 atom stereocenters. The number of rotatable bonds is 7. The molecule has 0 aliphatic carbocycles. The fourth-order valence-corrected chi connectivity index (χ4v) is 3.88. The predicted octanol–water partition coefficient (Wildman–Crippen LogP) is 2.99. The summed E-state index contributed by atoms with van der Waals surface area (Å²) in [5, 5.41) is 16.0. The summed E-state index contributed by atoms with van der Waals surface area (Å²) in [5.41, 5.74) is 1.42. The van der Waals surface area contributed by atoms with Gasteiger partial charge in [-0.25, -0.2) is 9.18 Å². The molecule has 1 aromatic carbocycles. The third kappa shape index (κ3) is 4.03. The number of aromatic carboxylic acids is 1. The molecule has 1 fully saturated rings. The maximum atomic E-state index is 14.7. The molecular weight excluding hydrogens is 359 g/mol. The van der Waals surface area contributed by atoms with E-state index < -0.39 is 18.4 Å². The van der Waals surface area contributed by atoms with Gasteiger partial charge in [0.15, 0.2) is 22.7 Å². The molecule has 2 aromatic rings. The van der Waals surface area contributed by atoms with E-state index in [-0.39, 0.29) is 15.5 Å². The molecule has 0 bridgehead atoms. The number of halogens is 1. The molecule has 1 saturated heterocycles. The predicted molar refractivity (Wildman–Crippen MR) is 97.7 cm³/mol. The lowest BCUT2D eigenvalue weighted by molar-refractivity contribution is -0.109. The molecule has 3 N–H and O–H groups in total. The highest BCUT2D eigenvalue weighted by molar-refractivity contribution is 7.17. The maximum Gasteiger partial charge on any atom is 0.349 e. The van der Waals surface area contributed by atoms with E-state index in [9.17, 15) is 19.1 Å². The second-order valence-electron chi connectivity index (χ2n) is 5.94. The van der Waals surface area contributed by atoms with Crippen LogP contribution in [0.4, 0.5) is 10.1 Å². The van der Waals surface area contributed by atoms with E-state index in [1.807, 2.05) is 6.07 Å². The largest absolute Gasteiger partial charge is 0.481 e. The second kappa shape index (κ2) is 8.29. The molecule has 1 aliphatic rings. The van der Waals surface area contributed by atoms with E-state index in [1.165, 1.54) is 0 Å². The minimum Gasteiger partial charge on any atom is -0.481 e. The van der Waals surface area contributed by atoms with E-state index in [0.717, 1.165) is 43.0 Å². The lowest BCUT2D eigenvalue weighted by Gasteiger charge is -2.24. The van der Waals surface area contributed by atoms with Crippen molar-refractivity contribution in [3.8, 4) is 16.2 Å². The van der Waals surface area contributed by atoms with Crippen LogP contribution in [0.5, 0.6) is 5.75 Å². The Morgan fingerprint density at radius 3 is 2.88 bits per heavy atom. The van der Waals surface area contributed by atoms with Crippen LogP contribution in [0.15, 0.2) is 24.3 Å². The van der Waals surface area contributed by atoms with E-state index in [4.69, 9.17) is 4.74 Å². The number of nitrogens with one attached hydrogen (secondary N) is 2. The van der Waals surface area contributed by atoms with Crippen molar-refractivity contribution >= 4 is 29.3 Å². The molecule has 2 heterocycles. The second-order valence-corrected chi connectivity index (χ2v) is 6.96. The zero-order valence-corrected chi connectivity index (χ0v) is 14.8. The van der Waals surface area contributed by atoms with Gasteiger partial charge < -0.3 is 20.5 Å². The normalized spacial score (nSPS) is 14.8. The molecule has 8 heteroatoms. The quantitative estimate of drug-likeness (QED) is 0.642. The summed E-state index contributed by atoms with van der Waals surface area (Å²) in [5.74, 6) is -2.43. The van der Waals surface area contributed by atoms with Crippen molar-refractivity contribution in [1.29, 1.82) is 0 Å². The highest BCUT2D eigenvalue weighted by atomic mass is 32.1.